The zero-order chi connectivity index (χ0) is 14.1. The fourth-order valence-corrected chi connectivity index (χ4v) is 1.32. The first-order chi connectivity index (χ1) is 8.11. The molecule has 0 aliphatic carbocycles. The molecule has 0 N–H and O–H groups in total. The van der Waals surface area contributed by atoms with Crippen molar-refractivity contribution in [3.05, 3.63) is 29.3 Å². The van der Waals surface area contributed by atoms with Crippen molar-refractivity contribution >= 4 is 5.78 Å². The van der Waals surface area contributed by atoms with Crippen molar-refractivity contribution in [2.24, 2.45) is 0 Å². The van der Waals surface area contributed by atoms with Gasteiger partial charge in [0.25, 0.3) is 0 Å². The van der Waals surface area contributed by atoms with Gasteiger partial charge in [-0.3, -0.25) is 4.79 Å². The summed E-state index contributed by atoms with van der Waals surface area (Å²) in [6.07, 6.45) is -5.91. The SMILES string of the molecule is COc1ccc(C(=O)C(F)(F)C(F)(F)F)c(C)c1. The normalized spacial score (nSPS) is 12.4. The van der Waals surface area contributed by atoms with Crippen LogP contribution in [0.25, 0.3) is 0 Å². The van der Waals surface area contributed by atoms with Gasteiger partial charge >= 0.3 is 12.1 Å². The van der Waals surface area contributed by atoms with E-state index in [0.29, 0.717) is 0 Å². The first-order valence-corrected chi connectivity index (χ1v) is 4.75. The molecule has 0 saturated carbocycles. The number of carbonyl (C=O) groups is 1. The van der Waals surface area contributed by atoms with E-state index >= 15 is 0 Å². The highest BCUT2D eigenvalue weighted by Crippen LogP contribution is 2.38. The molecule has 0 unspecified atom stereocenters. The van der Waals surface area contributed by atoms with Crippen LogP contribution in [0.5, 0.6) is 5.75 Å². The lowest BCUT2D eigenvalue weighted by molar-refractivity contribution is -0.255. The summed E-state index contributed by atoms with van der Waals surface area (Å²) in [6.45, 7) is 1.25. The molecule has 0 atom stereocenters. The molecule has 0 aliphatic rings. The second kappa shape index (κ2) is 4.55. The Morgan fingerprint density at radius 1 is 1.17 bits per heavy atom. The highest BCUT2D eigenvalue weighted by molar-refractivity contribution is 6.03. The number of hydrogen-bond acceptors (Lipinski definition) is 2. The summed E-state index contributed by atoms with van der Waals surface area (Å²) in [4.78, 5) is 11.2. The number of halogens is 5. The van der Waals surface area contributed by atoms with Gasteiger partial charge in [0, 0.05) is 5.56 Å². The Hall–Kier alpha value is -1.66. The number of aryl methyl sites for hydroxylation is 1. The van der Waals surface area contributed by atoms with Crippen molar-refractivity contribution < 1.29 is 31.5 Å². The average molecular weight is 268 g/mol. The maximum absolute atomic E-state index is 12.9. The van der Waals surface area contributed by atoms with E-state index in [1.54, 1.807) is 0 Å². The largest absolute Gasteiger partial charge is 0.497 e. The zero-order valence-corrected chi connectivity index (χ0v) is 9.44. The Balaban J connectivity index is 3.20. The van der Waals surface area contributed by atoms with Crippen molar-refractivity contribution in [1.29, 1.82) is 0 Å². The molecule has 0 heterocycles. The summed E-state index contributed by atoms with van der Waals surface area (Å²) in [5.41, 5.74) is -0.693. The standard InChI is InChI=1S/C11H9F5O2/c1-6-5-7(18-2)3-4-8(6)9(17)10(12,13)11(14,15)16/h3-5H,1-2H3. The number of alkyl halides is 5. The molecule has 0 saturated heterocycles. The number of carbonyl (C=O) groups excluding carboxylic acids is 1. The van der Waals surface area contributed by atoms with Crippen LogP contribution in [0.2, 0.25) is 0 Å². The molecular formula is C11H9F5O2. The van der Waals surface area contributed by atoms with E-state index in [4.69, 9.17) is 4.74 Å². The highest BCUT2D eigenvalue weighted by atomic mass is 19.4. The molecule has 1 aromatic rings. The number of hydrogen-bond donors (Lipinski definition) is 0. The van der Waals surface area contributed by atoms with Gasteiger partial charge in [0.1, 0.15) is 5.75 Å². The molecule has 18 heavy (non-hydrogen) atoms. The zero-order valence-electron chi connectivity index (χ0n) is 9.44. The van der Waals surface area contributed by atoms with Crippen molar-refractivity contribution in [2.45, 2.75) is 19.0 Å². The maximum atomic E-state index is 12.9. The predicted octanol–water partition coefficient (Wildman–Crippen LogP) is 3.38. The minimum atomic E-state index is -5.91. The monoisotopic (exact) mass is 268 g/mol. The highest BCUT2D eigenvalue weighted by Gasteiger charge is 2.63. The molecule has 0 bridgehead atoms. The van der Waals surface area contributed by atoms with Gasteiger partial charge in [-0.1, -0.05) is 0 Å². The van der Waals surface area contributed by atoms with Crippen LogP contribution in [0.1, 0.15) is 15.9 Å². The number of methoxy groups -OCH3 is 1. The lowest BCUT2D eigenvalue weighted by Crippen LogP contribution is -2.44. The average Bonchev–Trinajstić information content (AvgIpc) is 2.26. The third-order valence-electron chi connectivity index (χ3n) is 2.32. The van der Waals surface area contributed by atoms with Gasteiger partial charge in [-0.05, 0) is 30.7 Å². The number of rotatable bonds is 3. The second-order valence-electron chi connectivity index (χ2n) is 3.58. The Kier molecular flexibility index (Phi) is 3.64. The van der Waals surface area contributed by atoms with Gasteiger partial charge in [0.05, 0.1) is 7.11 Å². The first-order valence-electron chi connectivity index (χ1n) is 4.75. The van der Waals surface area contributed by atoms with Gasteiger partial charge in [-0.2, -0.15) is 22.0 Å². The van der Waals surface area contributed by atoms with Crippen LogP contribution in [0.4, 0.5) is 22.0 Å². The van der Waals surface area contributed by atoms with Crippen LogP contribution >= 0.6 is 0 Å². The van der Waals surface area contributed by atoms with E-state index in [-0.39, 0.29) is 11.3 Å². The number of benzene rings is 1. The third-order valence-corrected chi connectivity index (χ3v) is 2.32. The Labute approximate surface area is 99.4 Å². The quantitative estimate of drug-likeness (QED) is 0.620. The fourth-order valence-electron chi connectivity index (χ4n) is 1.32. The van der Waals surface area contributed by atoms with Crippen LogP contribution < -0.4 is 4.74 Å². The molecule has 1 aromatic carbocycles. The number of ether oxygens (including phenoxy) is 1. The van der Waals surface area contributed by atoms with E-state index in [1.165, 1.54) is 20.1 Å². The van der Waals surface area contributed by atoms with Gasteiger partial charge in [0.15, 0.2) is 0 Å². The molecular weight excluding hydrogens is 259 g/mol. The fraction of sp³-hybridized carbons (Fsp3) is 0.364. The van der Waals surface area contributed by atoms with Crippen molar-refractivity contribution in [3.63, 3.8) is 0 Å². The smallest absolute Gasteiger partial charge is 0.461 e. The van der Waals surface area contributed by atoms with E-state index in [1.807, 2.05) is 0 Å². The topological polar surface area (TPSA) is 26.3 Å². The third kappa shape index (κ3) is 2.44. The van der Waals surface area contributed by atoms with E-state index < -0.39 is 23.4 Å². The minimum Gasteiger partial charge on any atom is -0.497 e. The van der Waals surface area contributed by atoms with Crippen molar-refractivity contribution in [1.82, 2.24) is 0 Å². The lowest BCUT2D eigenvalue weighted by Gasteiger charge is -2.19. The van der Waals surface area contributed by atoms with Crippen LogP contribution in [-0.2, 0) is 0 Å². The second-order valence-corrected chi connectivity index (χ2v) is 3.58. The molecule has 0 aliphatic heterocycles. The van der Waals surface area contributed by atoms with Gasteiger partial charge in [-0.15, -0.1) is 0 Å². The molecule has 2 nitrogen and oxygen atoms in total. The summed E-state index contributed by atoms with van der Waals surface area (Å²) in [5.74, 6) is -7.40. The lowest BCUT2D eigenvalue weighted by atomic mass is 10.00. The summed E-state index contributed by atoms with van der Waals surface area (Å²) in [6, 6.07) is 3.24. The van der Waals surface area contributed by atoms with E-state index in [2.05, 4.69) is 0 Å². The summed E-state index contributed by atoms with van der Waals surface area (Å²) in [5, 5.41) is 0. The number of Topliss-reactive ketones (excluding diaryl/α,β-unsaturated/α-hetero) is 1. The van der Waals surface area contributed by atoms with E-state index in [9.17, 15) is 26.7 Å². The molecule has 0 fully saturated rings. The molecule has 0 aromatic heterocycles. The summed E-state index contributed by atoms with van der Waals surface area (Å²) >= 11 is 0. The molecule has 100 valence electrons. The van der Waals surface area contributed by atoms with Crippen molar-refractivity contribution in [2.75, 3.05) is 7.11 Å². The maximum Gasteiger partial charge on any atom is 0.461 e. The van der Waals surface area contributed by atoms with E-state index in [0.717, 1.165) is 12.1 Å². The van der Waals surface area contributed by atoms with Crippen LogP contribution in [0.15, 0.2) is 18.2 Å². The Morgan fingerprint density at radius 3 is 2.11 bits per heavy atom. The van der Waals surface area contributed by atoms with Gasteiger partial charge in [-0.25, -0.2) is 0 Å². The van der Waals surface area contributed by atoms with Crippen LogP contribution in [0, 0.1) is 6.92 Å². The molecule has 0 spiro atoms. The predicted molar refractivity (Wildman–Crippen MR) is 53.1 cm³/mol. The van der Waals surface area contributed by atoms with Gasteiger partial charge in [0.2, 0.25) is 5.78 Å². The summed E-state index contributed by atoms with van der Waals surface area (Å²) < 4.78 is 66.6. The molecule has 0 amide bonds. The van der Waals surface area contributed by atoms with Crippen LogP contribution in [0.3, 0.4) is 0 Å². The molecule has 1 rings (SSSR count). The minimum absolute atomic E-state index is 0.0109. The summed E-state index contributed by atoms with van der Waals surface area (Å²) in [7, 11) is 1.31. The molecule has 7 heteroatoms. The van der Waals surface area contributed by atoms with Crippen molar-refractivity contribution in [3.8, 4) is 5.75 Å². The van der Waals surface area contributed by atoms with Crippen LogP contribution in [-0.4, -0.2) is 25.0 Å². The van der Waals surface area contributed by atoms with Gasteiger partial charge < -0.3 is 4.74 Å². The molecule has 0 radical (unpaired) electrons. The Bertz CT molecular complexity index is 465. The Morgan fingerprint density at radius 2 is 1.72 bits per heavy atom. The first kappa shape index (κ1) is 14.4. The number of ketones is 1.